The molecule has 30 heavy (non-hydrogen) atoms. The molecule has 0 saturated heterocycles. The van der Waals surface area contributed by atoms with Crippen molar-refractivity contribution in [3.05, 3.63) is 77.0 Å². The van der Waals surface area contributed by atoms with Crippen LogP contribution in [0.3, 0.4) is 0 Å². The fourth-order valence-electron chi connectivity index (χ4n) is 3.32. The average molecular weight is 397 g/mol. The standard InChI is InChI=1S/C23H19N5O2/c1-14-6-4-9-19-15(2)10-20(26-21(14)19)28-22(17(12-24)13-25-28)27-23(29)16-7-5-8-18(11-16)30-3/h4-11,13H,1-3H3,(H,27,29). The second-order valence-corrected chi connectivity index (χ2v) is 6.88. The quantitative estimate of drug-likeness (QED) is 0.558. The van der Waals surface area contributed by atoms with E-state index in [-0.39, 0.29) is 17.3 Å². The molecule has 0 aliphatic heterocycles. The monoisotopic (exact) mass is 397 g/mol. The van der Waals surface area contributed by atoms with Crippen LogP contribution in [0.2, 0.25) is 0 Å². The first-order valence-electron chi connectivity index (χ1n) is 9.32. The number of aryl methyl sites for hydroxylation is 2. The van der Waals surface area contributed by atoms with Crippen molar-refractivity contribution in [3.63, 3.8) is 0 Å². The first-order chi connectivity index (χ1) is 14.5. The van der Waals surface area contributed by atoms with E-state index in [1.54, 1.807) is 24.3 Å². The summed E-state index contributed by atoms with van der Waals surface area (Å²) in [6.07, 6.45) is 1.42. The van der Waals surface area contributed by atoms with Crippen molar-refractivity contribution < 1.29 is 9.53 Å². The number of aromatic nitrogens is 3. The molecule has 148 valence electrons. The second-order valence-electron chi connectivity index (χ2n) is 6.88. The lowest BCUT2D eigenvalue weighted by Gasteiger charge is -2.12. The van der Waals surface area contributed by atoms with E-state index in [0.29, 0.717) is 17.1 Å². The zero-order valence-electron chi connectivity index (χ0n) is 16.8. The Kier molecular flexibility index (Phi) is 4.90. The summed E-state index contributed by atoms with van der Waals surface area (Å²) < 4.78 is 6.67. The zero-order valence-corrected chi connectivity index (χ0v) is 16.8. The summed E-state index contributed by atoms with van der Waals surface area (Å²) in [5, 5.41) is 17.7. The maximum atomic E-state index is 12.8. The highest BCUT2D eigenvalue weighted by atomic mass is 16.5. The number of hydrogen-bond acceptors (Lipinski definition) is 5. The molecule has 7 heteroatoms. The van der Waals surface area contributed by atoms with E-state index in [2.05, 4.69) is 16.5 Å². The normalized spacial score (nSPS) is 10.6. The van der Waals surface area contributed by atoms with E-state index in [1.807, 2.05) is 38.1 Å². The lowest BCUT2D eigenvalue weighted by Crippen LogP contribution is -2.16. The minimum atomic E-state index is -0.374. The predicted octanol–water partition coefficient (Wildman–Crippen LogP) is 4.17. The number of carbonyl (C=O) groups excluding carboxylic acids is 1. The highest BCUT2D eigenvalue weighted by Gasteiger charge is 2.18. The van der Waals surface area contributed by atoms with E-state index < -0.39 is 0 Å². The summed E-state index contributed by atoms with van der Waals surface area (Å²) in [6.45, 7) is 3.99. The van der Waals surface area contributed by atoms with Crippen molar-refractivity contribution in [2.45, 2.75) is 13.8 Å². The number of benzene rings is 2. The first kappa shape index (κ1) is 19.2. The maximum absolute atomic E-state index is 12.8. The number of carbonyl (C=O) groups is 1. The first-order valence-corrected chi connectivity index (χ1v) is 9.32. The molecular formula is C23H19N5O2. The summed E-state index contributed by atoms with van der Waals surface area (Å²) >= 11 is 0. The van der Waals surface area contributed by atoms with Crippen molar-refractivity contribution >= 4 is 22.6 Å². The highest BCUT2D eigenvalue weighted by molar-refractivity contribution is 6.04. The van der Waals surface area contributed by atoms with Crippen LogP contribution in [0.25, 0.3) is 16.7 Å². The van der Waals surface area contributed by atoms with Crippen LogP contribution < -0.4 is 10.1 Å². The number of ether oxygens (including phenoxy) is 1. The number of amides is 1. The zero-order chi connectivity index (χ0) is 21.3. The van der Waals surface area contributed by atoms with Crippen molar-refractivity contribution in [1.82, 2.24) is 14.8 Å². The smallest absolute Gasteiger partial charge is 0.256 e. The van der Waals surface area contributed by atoms with Gasteiger partial charge in [-0.25, -0.2) is 4.98 Å². The number of hydrogen-bond donors (Lipinski definition) is 1. The predicted molar refractivity (Wildman–Crippen MR) is 114 cm³/mol. The van der Waals surface area contributed by atoms with Crippen molar-refractivity contribution in [2.24, 2.45) is 0 Å². The topological polar surface area (TPSA) is 92.8 Å². The number of nitrogens with one attached hydrogen (secondary N) is 1. The molecule has 0 bridgehead atoms. The lowest BCUT2D eigenvalue weighted by molar-refractivity contribution is 0.102. The van der Waals surface area contributed by atoms with Gasteiger partial charge in [-0.05, 0) is 49.2 Å². The third-order valence-corrected chi connectivity index (χ3v) is 4.91. The van der Waals surface area contributed by atoms with Crippen LogP contribution in [-0.4, -0.2) is 27.8 Å². The van der Waals surface area contributed by atoms with Crippen LogP contribution in [0.1, 0.15) is 27.0 Å². The van der Waals surface area contributed by atoms with E-state index >= 15 is 0 Å². The van der Waals surface area contributed by atoms with E-state index in [1.165, 1.54) is 18.0 Å². The number of nitrogens with zero attached hydrogens (tertiary/aromatic N) is 4. The second kappa shape index (κ2) is 7.68. The van der Waals surface area contributed by atoms with Gasteiger partial charge in [0.2, 0.25) is 0 Å². The van der Waals surface area contributed by atoms with Gasteiger partial charge in [0, 0.05) is 10.9 Å². The Morgan fingerprint density at radius 2 is 1.93 bits per heavy atom. The Labute approximate surface area is 173 Å². The van der Waals surface area contributed by atoms with Gasteiger partial charge in [-0.15, -0.1) is 0 Å². The van der Waals surface area contributed by atoms with Crippen LogP contribution in [0, 0.1) is 25.2 Å². The fourth-order valence-corrected chi connectivity index (χ4v) is 3.32. The Hall–Kier alpha value is -4.18. The Morgan fingerprint density at radius 1 is 1.13 bits per heavy atom. The molecule has 4 aromatic rings. The minimum absolute atomic E-state index is 0.246. The molecule has 2 aromatic heterocycles. The third kappa shape index (κ3) is 3.35. The minimum Gasteiger partial charge on any atom is -0.497 e. The number of pyridine rings is 1. The van der Waals surface area contributed by atoms with Crippen LogP contribution in [0.4, 0.5) is 5.82 Å². The van der Waals surface area contributed by atoms with Gasteiger partial charge in [-0.3, -0.25) is 4.79 Å². The summed E-state index contributed by atoms with van der Waals surface area (Å²) in [5.41, 5.74) is 3.57. The van der Waals surface area contributed by atoms with Crippen LogP contribution in [0.5, 0.6) is 5.75 Å². The van der Waals surface area contributed by atoms with Crippen molar-refractivity contribution in [1.29, 1.82) is 5.26 Å². The average Bonchev–Trinajstić information content (AvgIpc) is 3.17. The summed E-state index contributed by atoms with van der Waals surface area (Å²) in [6, 6.07) is 16.8. The largest absolute Gasteiger partial charge is 0.497 e. The highest BCUT2D eigenvalue weighted by Crippen LogP contribution is 2.26. The summed E-state index contributed by atoms with van der Waals surface area (Å²) in [4.78, 5) is 17.6. The van der Waals surface area contributed by atoms with E-state index in [4.69, 9.17) is 9.72 Å². The maximum Gasteiger partial charge on any atom is 0.256 e. The molecule has 0 saturated carbocycles. The lowest BCUT2D eigenvalue weighted by atomic mass is 10.1. The summed E-state index contributed by atoms with van der Waals surface area (Å²) in [7, 11) is 1.54. The number of rotatable bonds is 4. The van der Waals surface area contributed by atoms with Gasteiger partial charge in [-0.2, -0.15) is 15.0 Å². The molecule has 1 amide bonds. The Balaban J connectivity index is 1.79. The Morgan fingerprint density at radius 3 is 2.70 bits per heavy atom. The van der Waals surface area contributed by atoms with Crippen molar-refractivity contribution in [3.8, 4) is 17.6 Å². The van der Waals surface area contributed by atoms with Crippen LogP contribution in [-0.2, 0) is 0 Å². The number of nitriles is 1. The molecule has 4 rings (SSSR count). The molecule has 0 atom stereocenters. The molecule has 0 unspecified atom stereocenters. The number of para-hydroxylation sites is 1. The molecule has 0 radical (unpaired) electrons. The van der Waals surface area contributed by atoms with Crippen molar-refractivity contribution in [2.75, 3.05) is 12.4 Å². The van der Waals surface area contributed by atoms with Gasteiger partial charge < -0.3 is 10.1 Å². The molecule has 7 nitrogen and oxygen atoms in total. The van der Waals surface area contributed by atoms with Gasteiger partial charge in [0.05, 0.1) is 18.8 Å². The van der Waals surface area contributed by atoms with Crippen LogP contribution >= 0.6 is 0 Å². The van der Waals surface area contributed by atoms with Gasteiger partial charge in [0.1, 0.15) is 17.4 Å². The molecule has 2 aromatic carbocycles. The molecule has 0 aliphatic carbocycles. The Bertz CT molecular complexity index is 1320. The van der Waals surface area contributed by atoms with Gasteiger partial charge in [0.15, 0.2) is 11.6 Å². The van der Waals surface area contributed by atoms with Gasteiger partial charge in [0.25, 0.3) is 5.91 Å². The van der Waals surface area contributed by atoms with E-state index in [0.717, 1.165) is 22.0 Å². The molecule has 0 fully saturated rings. The molecule has 0 spiro atoms. The number of methoxy groups -OCH3 is 1. The van der Waals surface area contributed by atoms with Gasteiger partial charge >= 0.3 is 0 Å². The molecule has 2 heterocycles. The SMILES string of the molecule is COc1cccc(C(=O)Nc2c(C#N)cnn2-c2cc(C)c3cccc(C)c3n2)c1. The fraction of sp³-hybridized carbons (Fsp3) is 0.130. The molecule has 0 aliphatic rings. The van der Waals surface area contributed by atoms with Crippen LogP contribution in [0.15, 0.2) is 54.7 Å². The number of anilines is 1. The molecule has 1 N–H and O–H groups in total. The molecular weight excluding hydrogens is 378 g/mol. The van der Waals surface area contributed by atoms with E-state index in [9.17, 15) is 10.1 Å². The van der Waals surface area contributed by atoms with Gasteiger partial charge in [-0.1, -0.05) is 24.3 Å². The third-order valence-electron chi connectivity index (χ3n) is 4.91. The summed E-state index contributed by atoms with van der Waals surface area (Å²) in [5.74, 6) is 0.988. The number of fused-ring (bicyclic) bond motifs is 1.